The Hall–Kier alpha value is -2.41. The monoisotopic (exact) mass is 346 g/mol. The molecule has 0 saturated heterocycles. The highest BCUT2D eigenvalue weighted by Gasteiger charge is 2.30. The van der Waals surface area contributed by atoms with Crippen molar-refractivity contribution in [2.24, 2.45) is 5.41 Å². The van der Waals surface area contributed by atoms with E-state index >= 15 is 0 Å². The highest BCUT2D eigenvalue weighted by Crippen LogP contribution is 2.44. The zero-order valence-electron chi connectivity index (χ0n) is 13.9. The molecular weight excluding hydrogens is 328 g/mol. The molecule has 3 rings (SSSR count). The number of carbonyl (C=O) groups excluding carboxylic acids is 2. The Morgan fingerprint density at radius 1 is 1.33 bits per heavy atom. The minimum absolute atomic E-state index is 0.193. The first-order valence-electron chi connectivity index (χ1n) is 7.46. The topological polar surface area (TPSA) is 77.5 Å². The number of benzene rings is 1. The molecule has 1 aromatic carbocycles. The second-order valence-electron chi connectivity index (χ2n) is 6.53. The third-order valence-electron chi connectivity index (χ3n) is 3.74. The van der Waals surface area contributed by atoms with Crippen LogP contribution in [0.1, 0.15) is 36.7 Å². The van der Waals surface area contributed by atoms with Crippen LogP contribution in [0, 0.1) is 5.41 Å². The lowest BCUT2D eigenvalue weighted by Crippen LogP contribution is -2.28. The van der Waals surface area contributed by atoms with Gasteiger partial charge in [0.1, 0.15) is 17.9 Å². The maximum atomic E-state index is 12.3. The third kappa shape index (κ3) is 2.75. The molecule has 0 atom stereocenters. The quantitative estimate of drug-likeness (QED) is 0.843. The summed E-state index contributed by atoms with van der Waals surface area (Å²) >= 11 is 1.35. The first-order chi connectivity index (χ1) is 11.3. The minimum Gasteiger partial charge on any atom is -0.487 e. The van der Waals surface area contributed by atoms with Crippen molar-refractivity contribution in [1.29, 1.82) is 0 Å². The number of nitrogens with one attached hydrogen (secondary N) is 1. The summed E-state index contributed by atoms with van der Waals surface area (Å²) in [6, 6.07) is 3.53. The van der Waals surface area contributed by atoms with Crippen molar-refractivity contribution in [3.63, 3.8) is 0 Å². The van der Waals surface area contributed by atoms with Crippen LogP contribution in [0.2, 0.25) is 0 Å². The fraction of sp³-hybridized carbons (Fsp3) is 0.353. The Morgan fingerprint density at radius 3 is 2.75 bits per heavy atom. The summed E-state index contributed by atoms with van der Waals surface area (Å²) < 4.78 is 14.9. The standard InChI is InChI=1S/C17H18N2O4S/c1-17(2,3)16(21)19-11-6-5-10-13(12(11)15(20)22-4)23-8-9-7-18-24-14(9)10/h5-7H,8H2,1-4H3,(H,19,21). The zero-order valence-corrected chi connectivity index (χ0v) is 14.7. The van der Waals surface area contributed by atoms with Crippen LogP contribution >= 0.6 is 11.5 Å². The maximum Gasteiger partial charge on any atom is 0.343 e. The smallest absolute Gasteiger partial charge is 0.343 e. The molecular formula is C17H18N2O4S. The minimum atomic E-state index is -0.588. The van der Waals surface area contributed by atoms with Gasteiger partial charge in [0.25, 0.3) is 0 Å². The number of hydrogen-bond acceptors (Lipinski definition) is 6. The van der Waals surface area contributed by atoms with Crippen LogP contribution in [0.3, 0.4) is 0 Å². The van der Waals surface area contributed by atoms with Crippen molar-refractivity contribution < 1.29 is 19.1 Å². The van der Waals surface area contributed by atoms with Crippen LogP contribution < -0.4 is 10.1 Å². The molecule has 2 aromatic rings. The van der Waals surface area contributed by atoms with Gasteiger partial charge in [-0.15, -0.1) is 0 Å². The molecule has 2 heterocycles. The summed E-state index contributed by atoms with van der Waals surface area (Å²) in [6.07, 6.45) is 1.76. The number of rotatable bonds is 2. The number of methoxy groups -OCH3 is 1. The molecule has 1 N–H and O–H groups in total. The fourth-order valence-electron chi connectivity index (χ4n) is 2.36. The molecule has 0 unspecified atom stereocenters. The van der Waals surface area contributed by atoms with E-state index in [2.05, 4.69) is 9.69 Å². The second-order valence-corrected chi connectivity index (χ2v) is 7.33. The Kier molecular flexibility index (Phi) is 4.04. The van der Waals surface area contributed by atoms with Gasteiger partial charge in [-0.25, -0.2) is 9.17 Å². The molecule has 1 aliphatic rings. The fourth-order valence-corrected chi connectivity index (χ4v) is 3.14. The molecule has 0 saturated carbocycles. The van der Waals surface area contributed by atoms with Crippen molar-refractivity contribution in [1.82, 2.24) is 4.37 Å². The van der Waals surface area contributed by atoms with Gasteiger partial charge in [0, 0.05) is 22.7 Å². The van der Waals surface area contributed by atoms with Crippen LogP contribution in [0.15, 0.2) is 18.3 Å². The lowest BCUT2D eigenvalue weighted by atomic mass is 9.95. The van der Waals surface area contributed by atoms with Crippen molar-refractivity contribution in [2.45, 2.75) is 27.4 Å². The van der Waals surface area contributed by atoms with E-state index in [1.165, 1.54) is 18.6 Å². The van der Waals surface area contributed by atoms with Crippen molar-refractivity contribution in [3.8, 4) is 16.2 Å². The molecule has 24 heavy (non-hydrogen) atoms. The first-order valence-corrected chi connectivity index (χ1v) is 8.23. The number of nitrogens with zero attached hydrogens (tertiary/aromatic N) is 1. The normalized spacial score (nSPS) is 12.7. The van der Waals surface area contributed by atoms with Crippen LogP contribution in [-0.2, 0) is 16.1 Å². The van der Waals surface area contributed by atoms with Gasteiger partial charge in [0.2, 0.25) is 5.91 Å². The Bertz CT molecular complexity index is 820. The van der Waals surface area contributed by atoms with Crippen LogP contribution in [-0.4, -0.2) is 23.4 Å². The predicted octanol–water partition coefficient (Wildman–Crippen LogP) is 3.47. The van der Waals surface area contributed by atoms with Crippen molar-refractivity contribution in [3.05, 3.63) is 29.5 Å². The molecule has 1 aromatic heterocycles. The summed E-state index contributed by atoms with van der Waals surface area (Å²) in [5.74, 6) is -0.323. The zero-order chi connectivity index (χ0) is 17.5. The summed E-state index contributed by atoms with van der Waals surface area (Å²) in [6.45, 7) is 5.75. The Labute approximate surface area is 144 Å². The average molecular weight is 346 g/mol. The maximum absolute atomic E-state index is 12.3. The van der Waals surface area contributed by atoms with E-state index in [9.17, 15) is 9.59 Å². The number of anilines is 1. The van der Waals surface area contributed by atoms with E-state index in [0.29, 0.717) is 18.0 Å². The van der Waals surface area contributed by atoms with Gasteiger partial charge in [-0.05, 0) is 23.7 Å². The highest BCUT2D eigenvalue weighted by molar-refractivity contribution is 7.09. The number of fused-ring (bicyclic) bond motifs is 3. The lowest BCUT2D eigenvalue weighted by molar-refractivity contribution is -0.123. The van der Waals surface area contributed by atoms with Gasteiger partial charge in [-0.3, -0.25) is 4.79 Å². The Morgan fingerprint density at radius 2 is 2.08 bits per heavy atom. The summed E-state index contributed by atoms with van der Waals surface area (Å²) in [4.78, 5) is 25.6. The molecule has 7 heteroatoms. The largest absolute Gasteiger partial charge is 0.487 e. The van der Waals surface area contributed by atoms with Gasteiger partial charge >= 0.3 is 5.97 Å². The summed E-state index contributed by atoms with van der Waals surface area (Å²) in [5, 5.41) is 2.80. The third-order valence-corrected chi connectivity index (χ3v) is 4.61. The predicted molar refractivity (Wildman–Crippen MR) is 91.3 cm³/mol. The van der Waals surface area contributed by atoms with Crippen LogP contribution in [0.4, 0.5) is 5.69 Å². The number of aromatic nitrogens is 1. The summed E-state index contributed by atoms with van der Waals surface area (Å²) in [7, 11) is 1.30. The number of carbonyl (C=O) groups is 2. The molecule has 0 radical (unpaired) electrons. The van der Waals surface area contributed by atoms with Gasteiger partial charge in [-0.1, -0.05) is 20.8 Å². The van der Waals surface area contributed by atoms with Crippen LogP contribution in [0.5, 0.6) is 5.75 Å². The molecule has 0 fully saturated rings. The molecule has 126 valence electrons. The van der Waals surface area contributed by atoms with Crippen molar-refractivity contribution in [2.75, 3.05) is 12.4 Å². The molecule has 6 nitrogen and oxygen atoms in total. The highest BCUT2D eigenvalue weighted by atomic mass is 32.1. The molecule has 0 aliphatic carbocycles. The van der Waals surface area contributed by atoms with Gasteiger partial charge in [0.05, 0.1) is 17.7 Å². The van der Waals surface area contributed by atoms with E-state index in [1.54, 1.807) is 33.0 Å². The van der Waals surface area contributed by atoms with Gasteiger partial charge in [0.15, 0.2) is 0 Å². The van der Waals surface area contributed by atoms with Gasteiger partial charge in [-0.2, -0.15) is 0 Å². The number of esters is 1. The number of ether oxygens (including phenoxy) is 2. The van der Waals surface area contributed by atoms with Crippen molar-refractivity contribution >= 4 is 29.1 Å². The SMILES string of the molecule is COC(=O)c1c(NC(=O)C(C)(C)C)ccc2c1OCc1cnsc1-2. The van der Waals surface area contributed by atoms with E-state index in [0.717, 1.165) is 16.0 Å². The molecule has 0 spiro atoms. The Balaban J connectivity index is 2.12. The van der Waals surface area contributed by atoms with E-state index in [4.69, 9.17) is 9.47 Å². The molecule has 0 bridgehead atoms. The van der Waals surface area contributed by atoms with E-state index < -0.39 is 11.4 Å². The number of hydrogen-bond donors (Lipinski definition) is 1. The molecule has 1 amide bonds. The van der Waals surface area contributed by atoms with E-state index in [-0.39, 0.29) is 11.5 Å². The lowest BCUT2D eigenvalue weighted by Gasteiger charge is -2.23. The average Bonchev–Trinajstić information content (AvgIpc) is 3.01. The summed E-state index contributed by atoms with van der Waals surface area (Å²) in [5.41, 5.74) is 1.79. The van der Waals surface area contributed by atoms with E-state index in [1.807, 2.05) is 6.07 Å². The first kappa shape index (κ1) is 16.4. The van der Waals surface area contributed by atoms with Crippen LogP contribution in [0.25, 0.3) is 10.4 Å². The molecule has 1 aliphatic heterocycles. The van der Waals surface area contributed by atoms with Gasteiger partial charge < -0.3 is 14.8 Å². The number of amides is 1. The second kappa shape index (κ2) is 5.90.